The van der Waals surface area contributed by atoms with Gasteiger partial charge in [-0.05, 0) is 129 Å². The van der Waals surface area contributed by atoms with Crippen LogP contribution in [0.5, 0.6) is 0 Å². The number of pyridine rings is 2. The van der Waals surface area contributed by atoms with Crippen molar-refractivity contribution in [2.45, 2.75) is 65.2 Å². The summed E-state index contributed by atoms with van der Waals surface area (Å²) in [6.45, 7) is 6.84. The topological polar surface area (TPSA) is 154 Å². The lowest BCUT2D eigenvalue weighted by atomic mass is 9.88. The van der Waals surface area contributed by atoms with Gasteiger partial charge in [0.15, 0.2) is 0 Å². The fraction of sp³-hybridized carbons (Fsp3) is 0.364. The standard InChI is InChI=1S/C22H22ClN3O4.C22H24ClN3O2/c1-2-30-22(27)25-9-7-14(8-10-25)20-19-6-5-17(23)11-15(19)3-4-16-12-18(26(28)29)13-24-21(16)20;1-2-28-22(27)26-9-7-14(8-10-26)20-19-6-5-17(23)11-15(19)3-4-16-12-18(24)13-25-21(16)20/h5-6,11-13H,2-4,7-10H2,1H3;5-6,11-13H,2-4,7-10,24H2,1H3. The summed E-state index contributed by atoms with van der Waals surface area (Å²) in [6.07, 6.45) is 8.73. The van der Waals surface area contributed by atoms with E-state index in [1.54, 1.807) is 29.0 Å². The van der Waals surface area contributed by atoms with Crippen LogP contribution in [-0.4, -0.2) is 76.3 Å². The number of nitrogens with two attached hydrogens (primary N) is 1. The van der Waals surface area contributed by atoms with Gasteiger partial charge in [0.1, 0.15) is 6.20 Å². The molecule has 12 nitrogen and oxygen atoms in total. The van der Waals surface area contributed by atoms with Crippen LogP contribution in [0.4, 0.5) is 21.0 Å². The van der Waals surface area contributed by atoms with Crippen molar-refractivity contribution in [1.82, 2.24) is 19.8 Å². The highest BCUT2D eigenvalue weighted by atomic mass is 35.5. The van der Waals surface area contributed by atoms with Crippen LogP contribution < -0.4 is 5.73 Å². The lowest BCUT2D eigenvalue weighted by Gasteiger charge is -2.29. The number of hydrogen-bond acceptors (Lipinski definition) is 9. The van der Waals surface area contributed by atoms with E-state index in [0.717, 1.165) is 70.8 Å². The quantitative estimate of drug-likeness (QED) is 0.157. The molecule has 4 heterocycles. The molecule has 2 saturated heterocycles. The van der Waals surface area contributed by atoms with E-state index in [2.05, 4.69) is 17.1 Å². The lowest BCUT2D eigenvalue weighted by molar-refractivity contribution is -0.385. The molecule has 2 aromatic heterocycles. The normalized spacial score (nSPS) is 16.1. The van der Waals surface area contributed by atoms with E-state index in [4.69, 9.17) is 43.4 Å². The number of amides is 2. The molecule has 0 unspecified atom stereocenters. The second kappa shape index (κ2) is 18.0. The number of piperidine rings is 2. The van der Waals surface area contributed by atoms with Crippen molar-refractivity contribution < 1.29 is 24.0 Å². The Balaban J connectivity index is 0.000000177. The molecule has 0 bridgehead atoms. The van der Waals surface area contributed by atoms with Crippen LogP contribution in [0, 0.1) is 10.1 Å². The minimum Gasteiger partial charge on any atom is -0.450 e. The first-order valence-electron chi connectivity index (χ1n) is 19.8. The largest absolute Gasteiger partial charge is 0.450 e. The summed E-state index contributed by atoms with van der Waals surface area (Å²) in [6, 6.07) is 15.6. The number of rotatable bonds is 3. The molecule has 2 aromatic carbocycles. The third kappa shape index (κ3) is 8.83. The minimum absolute atomic E-state index is 0.000723. The molecule has 8 rings (SSSR count). The van der Waals surface area contributed by atoms with Crippen LogP contribution in [0.2, 0.25) is 10.0 Å². The van der Waals surface area contributed by atoms with Gasteiger partial charge in [0.05, 0.1) is 41.4 Å². The summed E-state index contributed by atoms with van der Waals surface area (Å²) < 4.78 is 10.3. The van der Waals surface area contributed by atoms with Crippen LogP contribution >= 0.6 is 23.2 Å². The van der Waals surface area contributed by atoms with Gasteiger partial charge in [-0.1, -0.05) is 46.5 Å². The number of hydrogen-bond donors (Lipinski definition) is 1. The van der Waals surface area contributed by atoms with Crippen LogP contribution in [-0.2, 0) is 35.2 Å². The van der Waals surface area contributed by atoms with E-state index >= 15 is 0 Å². The molecular weight excluding hydrogens is 779 g/mol. The van der Waals surface area contributed by atoms with E-state index < -0.39 is 4.92 Å². The van der Waals surface area contributed by atoms with Gasteiger partial charge in [-0.15, -0.1) is 0 Å². The molecule has 58 heavy (non-hydrogen) atoms. The molecule has 2 aliphatic carbocycles. The third-order valence-corrected chi connectivity index (χ3v) is 11.6. The number of benzene rings is 2. The zero-order valence-electron chi connectivity index (χ0n) is 32.7. The van der Waals surface area contributed by atoms with Crippen molar-refractivity contribution in [2.24, 2.45) is 0 Å². The third-order valence-electron chi connectivity index (χ3n) is 11.1. The fourth-order valence-corrected chi connectivity index (χ4v) is 8.73. The van der Waals surface area contributed by atoms with Gasteiger partial charge in [-0.3, -0.25) is 15.1 Å². The molecule has 0 radical (unpaired) electrons. The smallest absolute Gasteiger partial charge is 0.409 e. The SMILES string of the molecule is CCOC(=O)N1CCC(=C2c3ccc(Cl)cc3CCc3cc(N)cnc32)CC1.CCOC(=O)N1CCC(=C2c3ccc(Cl)cc3CCc3cc([N+](=O)[O-])cnc32)CC1. The molecule has 302 valence electrons. The second-order valence-electron chi connectivity index (χ2n) is 14.7. The Morgan fingerprint density at radius 3 is 1.55 bits per heavy atom. The Bertz CT molecular complexity index is 2250. The van der Waals surface area contributed by atoms with Crippen molar-refractivity contribution >= 4 is 57.9 Å². The van der Waals surface area contributed by atoms with Crippen LogP contribution in [0.15, 0.2) is 72.1 Å². The average Bonchev–Trinajstić information content (AvgIpc) is 3.48. The predicted molar refractivity (Wildman–Crippen MR) is 225 cm³/mol. The van der Waals surface area contributed by atoms with Gasteiger partial charge < -0.3 is 25.0 Å². The molecule has 0 saturated carbocycles. The first-order chi connectivity index (χ1) is 28.0. The van der Waals surface area contributed by atoms with Crippen LogP contribution in [0.1, 0.15) is 84.3 Å². The number of anilines is 1. The summed E-state index contributed by atoms with van der Waals surface area (Å²) in [5.41, 5.74) is 19.9. The van der Waals surface area contributed by atoms with Gasteiger partial charge in [-0.25, -0.2) is 14.6 Å². The maximum Gasteiger partial charge on any atom is 0.409 e. The van der Waals surface area contributed by atoms with Gasteiger partial charge in [0.25, 0.3) is 5.69 Å². The van der Waals surface area contributed by atoms with Crippen molar-refractivity contribution in [1.29, 1.82) is 0 Å². The van der Waals surface area contributed by atoms with Gasteiger partial charge >= 0.3 is 12.2 Å². The number of carbonyl (C=O) groups excluding carboxylic acids is 2. The number of aromatic nitrogens is 2. The highest BCUT2D eigenvalue weighted by molar-refractivity contribution is 6.31. The summed E-state index contributed by atoms with van der Waals surface area (Å²) in [5.74, 6) is 0. The highest BCUT2D eigenvalue weighted by Gasteiger charge is 2.29. The fourth-order valence-electron chi connectivity index (χ4n) is 8.34. The average molecular weight is 826 g/mol. The molecule has 2 fully saturated rings. The van der Waals surface area contributed by atoms with Gasteiger partial charge in [0, 0.05) is 53.4 Å². The number of carbonyl (C=O) groups is 2. The number of aryl methyl sites for hydroxylation is 4. The summed E-state index contributed by atoms with van der Waals surface area (Å²) in [4.78, 5) is 47.7. The maximum absolute atomic E-state index is 12.1. The minimum atomic E-state index is -0.410. The Hall–Kier alpha value is -5.46. The van der Waals surface area contributed by atoms with E-state index in [9.17, 15) is 19.7 Å². The molecule has 2 N–H and O–H groups in total. The van der Waals surface area contributed by atoms with E-state index in [0.29, 0.717) is 69.4 Å². The van der Waals surface area contributed by atoms with E-state index in [1.807, 2.05) is 37.3 Å². The van der Waals surface area contributed by atoms with Crippen molar-refractivity contribution in [3.8, 4) is 0 Å². The molecule has 14 heteroatoms. The molecule has 0 spiro atoms. The molecule has 4 aromatic rings. The maximum atomic E-state index is 12.1. The number of halogens is 2. The Kier molecular flexibility index (Phi) is 12.6. The molecule has 0 atom stereocenters. The number of nitrogens with zero attached hydrogens (tertiary/aromatic N) is 5. The Labute approximate surface area is 347 Å². The van der Waals surface area contributed by atoms with Crippen LogP contribution in [0.3, 0.4) is 0 Å². The van der Waals surface area contributed by atoms with Crippen molar-refractivity contribution in [3.63, 3.8) is 0 Å². The summed E-state index contributed by atoms with van der Waals surface area (Å²) in [7, 11) is 0. The van der Waals surface area contributed by atoms with E-state index in [1.165, 1.54) is 39.6 Å². The molecule has 2 amide bonds. The number of fused-ring (bicyclic) bond motifs is 4. The zero-order valence-corrected chi connectivity index (χ0v) is 34.2. The molecular formula is C44H46Cl2N6O6. The number of likely N-dealkylation sites (tertiary alicyclic amines) is 2. The van der Waals surface area contributed by atoms with Gasteiger partial charge in [-0.2, -0.15) is 0 Å². The van der Waals surface area contributed by atoms with Crippen LogP contribution in [0.25, 0.3) is 11.1 Å². The van der Waals surface area contributed by atoms with Gasteiger partial charge in [0.2, 0.25) is 0 Å². The van der Waals surface area contributed by atoms with E-state index in [-0.39, 0.29) is 17.9 Å². The first-order valence-corrected chi connectivity index (χ1v) is 20.5. The Morgan fingerprint density at radius 1 is 0.672 bits per heavy atom. The second-order valence-corrected chi connectivity index (χ2v) is 15.5. The highest BCUT2D eigenvalue weighted by Crippen LogP contribution is 2.41. The molecule has 4 aliphatic rings. The monoisotopic (exact) mass is 824 g/mol. The number of nitro groups is 1. The summed E-state index contributed by atoms with van der Waals surface area (Å²) in [5, 5.41) is 12.7. The zero-order chi connectivity index (χ0) is 40.9. The van der Waals surface area contributed by atoms with Crippen molar-refractivity contribution in [3.05, 3.63) is 137 Å². The molecule has 2 aliphatic heterocycles. The number of ether oxygens (including phenoxy) is 2. The first kappa shape index (κ1) is 40.7. The summed E-state index contributed by atoms with van der Waals surface area (Å²) >= 11 is 12.5. The Morgan fingerprint density at radius 2 is 1.10 bits per heavy atom. The number of nitrogen functional groups attached to an aromatic ring is 1. The lowest BCUT2D eigenvalue weighted by Crippen LogP contribution is -2.37. The van der Waals surface area contributed by atoms with Crippen molar-refractivity contribution in [2.75, 3.05) is 45.1 Å². The predicted octanol–water partition coefficient (Wildman–Crippen LogP) is 9.27.